The Hall–Kier alpha value is -1.13. The summed E-state index contributed by atoms with van der Waals surface area (Å²) in [6.45, 7) is 7.76. The van der Waals surface area contributed by atoms with E-state index in [1.807, 2.05) is 19.9 Å². The highest BCUT2D eigenvalue weighted by Gasteiger charge is 2.14. The minimum atomic E-state index is -3.98. The maximum atomic E-state index is 11.0. The molecular formula is C13H18O3S. The molecular weight excluding hydrogens is 236 g/mol. The highest BCUT2D eigenvalue weighted by atomic mass is 32.2. The Morgan fingerprint density at radius 3 is 2.24 bits per heavy atom. The summed E-state index contributed by atoms with van der Waals surface area (Å²) < 4.78 is 30.8. The van der Waals surface area contributed by atoms with Gasteiger partial charge in [0, 0.05) is 0 Å². The lowest BCUT2D eigenvalue weighted by Crippen LogP contribution is -2.07. The van der Waals surface area contributed by atoms with Crippen molar-refractivity contribution in [3.8, 4) is 0 Å². The molecule has 0 amide bonds. The molecule has 3 nitrogen and oxygen atoms in total. The van der Waals surface area contributed by atoms with Crippen LogP contribution < -0.4 is 0 Å². The highest BCUT2D eigenvalue weighted by molar-refractivity contribution is 7.85. The van der Waals surface area contributed by atoms with Gasteiger partial charge < -0.3 is 0 Å². The molecule has 0 spiro atoms. The fourth-order valence-electron chi connectivity index (χ4n) is 2.14. The van der Waals surface area contributed by atoms with Gasteiger partial charge >= 0.3 is 0 Å². The van der Waals surface area contributed by atoms with Crippen LogP contribution >= 0.6 is 0 Å². The lowest BCUT2D eigenvalue weighted by atomic mass is 9.93. The fourth-order valence-corrected chi connectivity index (χ4v) is 2.80. The van der Waals surface area contributed by atoms with Gasteiger partial charge in [-0.3, -0.25) is 4.55 Å². The first-order chi connectivity index (χ1) is 7.92. The largest absolute Gasteiger partial charge is 0.285 e. The third kappa shape index (κ3) is 3.41. The van der Waals surface area contributed by atoms with Gasteiger partial charge in [0.2, 0.25) is 0 Å². The quantitative estimate of drug-likeness (QED) is 0.822. The number of hydrogen-bond acceptors (Lipinski definition) is 2. The molecule has 0 heterocycles. The topological polar surface area (TPSA) is 54.4 Å². The van der Waals surface area contributed by atoms with Crippen molar-refractivity contribution in [1.82, 2.24) is 0 Å². The molecule has 0 radical (unpaired) electrons. The normalized spacial score (nSPS) is 11.5. The lowest BCUT2D eigenvalue weighted by molar-refractivity contribution is 0.482. The van der Waals surface area contributed by atoms with Crippen molar-refractivity contribution in [2.75, 3.05) is 0 Å². The molecule has 0 unspecified atom stereocenters. The Morgan fingerprint density at radius 1 is 1.24 bits per heavy atom. The lowest BCUT2D eigenvalue weighted by Gasteiger charge is -2.14. The van der Waals surface area contributed by atoms with Crippen molar-refractivity contribution >= 4 is 16.2 Å². The second-order valence-corrected chi connectivity index (χ2v) is 5.36. The Labute approximate surface area is 103 Å². The molecule has 0 saturated carbocycles. The molecule has 0 aliphatic heterocycles. The van der Waals surface area contributed by atoms with Gasteiger partial charge in [0.05, 0.1) is 0 Å². The van der Waals surface area contributed by atoms with E-state index in [1.165, 1.54) is 0 Å². The van der Waals surface area contributed by atoms with Gasteiger partial charge in [0.25, 0.3) is 10.1 Å². The molecule has 0 saturated heterocycles. The van der Waals surface area contributed by atoms with E-state index in [9.17, 15) is 8.42 Å². The van der Waals surface area contributed by atoms with Gasteiger partial charge in [-0.1, -0.05) is 38.6 Å². The third-order valence-electron chi connectivity index (χ3n) is 2.83. The zero-order valence-electron chi connectivity index (χ0n) is 10.2. The number of hydrogen-bond donors (Lipinski definition) is 1. The predicted molar refractivity (Wildman–Crippen MR) is 70.5 cm³/mol. The van der Waals surface area contributed by atoms with Crippen LogP contribution in [0.25, 0.3) is 6.08 Å². The van der Waals surface area contributed by atoms with Crippen LogP contribution in [-0.2, 0) is 28.7 Å². The van der Waals surface area contributed by atoms with Crippen molar-refractivity contribution < 1.29 is 13.0 Å². The summed E-state index contributed by atoms with van der Waals surface area (Å²) in [4.78, 5) is 0. The standard InChI is InChI=1S/C13H18O3S/c1-4-10-7-8-11(9-17(14,15)16)13(6-3)12(10)5-2/h4,7-8H,1,5-6,9H2,2-3H3,(H,14,15,16). The average molecular weight is 254 g/mol. The first-order valence-corrected chi connectivity index (χ1v) is 7.25. The summed E-state index contributed by atoms with van der Waals surface area (Å²) in [5.74, 6) is -0.319. The van der Waals surface area contributed by atoms with Gasteiger partial charge in [-0.2, -0.15) is 8.42 Å². The summed E-state index contributed by atoms with van der Waals surface area (Å²) in [5.41, 5.74) is 3.83. The monoisotopic (exact) mass is 254 g/mol. The van der Waals surface area contributed by atoms with E-state index in [-0.39, 0.29) is 5.75 Å². The summed E-state index contributed by atoms with van der Waals surface area (Å²) in [6, 6.07) is 3.61. The van der Waals surface area contributed by atoms with Gasteiger partial charge in [-0.15, -0.1) is 0 Å². The molecule has 0 aliphatic rings. The smallest absolute Gasteiger partial charge is 0.269 e. The first-order valence-electron chi connectivity index (χ1n) is 5.64. The second kappa shape index (κ2) is 5.47. The minimum absolute atomic E-state index is 0.319. The van der Waals surface area contributed by atoms with Crippen LogP contribution in [0.5, 0.6) is 0 Å². The van der Waals surface area contributed by atoms with Crippen LogP contribution in [0.15, 0.2) is 18.7 Å². The van der Waals surface area contributed by atoms with Crippen molar-refractivity contribution in [1.29, 1.82) is 0 Å². The third-order valence-corrected chi connectivity index (χ3v) is 3.51. The van der Waals surface area contributed by atoms with E-state index in [2.05, 4.69) is 6.58 Å². The highest BCUT2D eigenvalue weighted by Crippen LogP contribution is 2.23. The van der Waals surface area contributed by atoms with Crippen LogP contribution in [0.4, 0.5) is 0 Å². The number of rotatable bonds is 5. The van der Waals surface area contributed by atoms with E-state index >= 15 is 0 Å². The van der Waals surface area contributed by atoms with E-state index in [0.29, 0.717) is 5.56 Å². The molecule has 1 N–H and O–H groups in total. The van der Waals surface area contributed by atoms with E-state index < -0.39 is 10.1 Å². The van der Waals surface area contributed by atoms with Crippen LogP contribution in [-0.4, -0.2) is 13.0 Å². The summed E-state index contributed by atoms with van der Waals surface area (Å²) in [6.07, 6.45) is 3.34. The van der Waals surface area contributed by atoms with Crippen LogP contribution in [0.2, 0.25) is 0 Å². The molecule has 0 aromatic heterocycles. The van der Waals surface area contributed by atoms with Gasteiger partial charge in [-0.25, -0.2) is 0 Å². The summed E-state index contributed by atoms with van der Waals surface area (Å²) in [5, 5.41) is 0. The zero-order chi connectivity index (χ0) is 13.1. The minimum Gasteiger partial charge on any atom is -0.285 e. The van der Waals surface area contributed by atoms with Crippen molar-refractivity contribution in [2.45, 2.75) is 32.4 Å². The van der Waals surface area contributed by atoms with E-state index in [0.717, 1.165) is 29.5 Å². The van der Waals surface area contributed by atoms with Crippen LogP contribution in [0.1, 0.15) is 36.1 Å². The maximum Gasteiger partial charge on any atom is 0.269 e. The molecule has 94 valence electrons. The molecule has 4 heteroatoms. The summed E-state index contributed by atoms with van der Waals surface area (Å²) in [7, 11) is -3.98. The first kappa shape index (κ1) is 13.9. The van der Waals surface area contributed by atoms with E-state index in [4.69, 9.17) is 4.55 Å². The summed E-state index contributed by atoms with van der Waals surface area (Å²) >= 11 is 0. The van der Waals surface area contributed by atoms with Crippen molar-refractivity contribution in [3.05, 3.63) is 41.0 Å². The van der Waals surface area contributed by atoms with Gasteiger partial charge in [0.15, 0.2) is 0 Å². The zero-order valence-corrected chi connectivity index (χ0v) is 11.0. The van der Waals surface area contributed by atoms with Gasteiger partial charge in [-0.05, 0) is 35.1 Å². The maximum absolute atomic E-state index is 11.0. The molecule has 0 bridgehead atoms. The molecule has 1 aromatic rings. The molecule has 1 aromatic carbocycles. The predicted octanol–water partition coefficient (Wildman–Crippen LogP) is 2.84. The molecule has 17 heavy (non-hydrogen) atoms. The van der Waals surface area contributed by atoms with E-state index in [1.54, 1.807) is 12.1 Å². The molecule has 0 atom stereocenters. The Kier molecular flexibility index (Phi) is 4.48. The SMILES string of the molecule is C=Cc1ccc(CS(=O)(=O)O)c(CC)c1CC. The molecule has 0 aliphatic carbocycles. The van der Waals surface area contributed by atoms with Crippen LogP contribution in [0.3, 0.4) is 0 Å². The average Bonchev–Trinajstić information content (AvgIpc) is 2.26. The molecule has 0 fully saturated rings. The van der Waals surface area contributed by atoms with Crippen molar-refractivity contribution in [3.63, 3.8) is 0 Å². The number of benzene rings is 1. The Morgan fingerprint density at radius 2 is 1.82 bits per heavy atom. The van der Waals surface area contributed by atoms with Crippen molar-refractivity contribution in [2.24, 2.45) is 0 Å². The fraction of sp³-hybridized carbons (Fsp3) is 0.385. The second-order valence-electron chi connectivity index (χ2n) is 3.91. The van der Waals surface area contributed by atoms with Crippen LogP contribution in [0, 0.1) is 0 Å². The Balaban J connectivity index is 3.38. The van der Waals surface area contributed by atoms with Gasteiger partial charge in [0.1, 0.15) is 5.75 Å². The Bertz CT molecular complexity index is 516. The molecule has 1 rings (SSSR count).